The SMILES string of the molecule is CC(=NNC(=O)C(O)(c1ccccc1)c1ccccc1)c1cccs1. The van der Waals surface area contributed by atoms with Crippen molar-refractivity contribution in [3.63, 3.8) is 0 Å². The van der Waals surface area contributed by atoms with E-state index in [2.05, 4.69) is 10.5 Å². The molecule has 4 nitrogen and oxygen atoms in total. The summed E-state index contributed by atoms with van der Waals surface area (Å²) in [6, 6.07) is 21.6. The maximum absolute atomic E-state index is 12.9. The van der Waals surface area contributed by atoms with Crippen molar-refractivity contribution in [3.05, 3.63) is 94.2 Å². The lowest BCUT2D eigenvalue weighted by atomic mass is 9.85. The molecule has 2 N–H and O–H groups in total. The summed E-state index contributed by atoms with van der Waals surface area (Å²) in [5, 5.41) is 17.4. The molecule has 3 rings (SSSR count). The topological polar surface area (TPSA) is 61.7 Å². The molecule has 0 aliphatic carbocycles. The second kappa shape index (κ2) is 7.42. The zero-order valence-corrected chi connectivity index (χ0v) is 14.5. The van der Waals surface area contributed by atoms with E-state index in [1.54, 1.807) is 48.5 Å². The minimum Gasteiger partial charge on any atom is -0.372 e. The van der Waals surface area contributed by atoms with Gasteiger partial charge in [0.25, 0.3) is 5.91 Å². The Balaban J connectivity index is 1.95. The van der Waals surface area contributed by atoms with Crippen LogP contribution in [0.5, 0.6) is 0 Å². The molecule has 1 amide bonds. The molecule has 1 heterocycles. The number of benzene rings is 2. The summed E-state index contributed by atoms with van der Waals surface area (Å²) < 4.78 is 0. The molecule has 0 spiro atoms. The summed E-state index contributed by atoms with van der Waals surface area (Å²) in [4.78, 5) is 13.8. The quantitative estimate of drug-likeness (QED) is 0.546. The van der Waals surface area contributed by atoms with Gasteiger partial charge in [-0.2, -0.15) is 5.10 Å². The number of hydrogen-bond acceptors (Lipinski definition) is 4. The Labute approximate surface area is 150 Å². The van der Waals surface area contributed by atoms with Crippen LogP contribution in [0.3, 0.4) is 0 Å². The van der Waals surface area contributed by atoms with Crippen LogP contribution in [-0.2, 0) is 10.4 Å². The minimum atomic E-state index is -1.82. The van der Waals surface area contributed by atoms with Crippen molar-refractivity contribution in [2.24, 2.45) is 5.10 Å². The van der Waals surface area contributed by atoms with Gasteiger partial charge in [-0.05, 0) is 29.5 Å². The number of amides is 1. The monoisotopic (exact) mass is 350 g/mol. The zero-order chi connectivity index (χ0) is 17.7. The molecular formula is C20H18N2O2S. The number of carbonyl (C=O) groups is 1. The Morgan fingerprint density at radius 3 is 2.00 bits per heavy atom. The fourth-order valence-electron chi connectivity index (χ4n) is 2.54. The maximum atomic E-state index is 12.9. The van der Waals surface area contributed by atoms with Gasteiger partial charge in [0, 0.05) is 4.88 Å². The summed E-state index contributed by atoms with van der Waals surface area (Å²) in [5.41, 5.74) is 2.36. The molecular weight excluding hydrogens is 332 g/mol. The van der Waals surface area contributed by atoms with Gasteiger partial charge in [-0.15, -0.1) is 11.3 Å². The zero-order valence-electron chi connectivity index (χ0n) is 13.7. The maximum Gasteiger partial charge on any atom is 0.281 e. The number of nitrogens with zero attached hydrogens (tertiary/aromatic N) is 1. The smallest absolute Gasteiger partial charge is 0.281 e. The Bertz CT molecular complexity index is 820. The number of hydrazone groups is 1. The highest BCUT2D eigenvalue weighted by atomic mass is 32.1. The van der Waals surface area contributed by atoms with Crippen LogP contribution < -0.4 is 5.43 Å². The molecule has 2 aromatic carbocycles. The van der Waals surface area contributed by atoms with Gasteiger partial charge < -0.3 is 5.11 Å². The second-order valence-electron chi connectivity index (χ2n) is 5.56. The number of aliphatic hydroxyl groups is 1. The van der Waals surface area contributed by atoms with Gasteiger partial charge in [-0.25, -0.2) is 5.43 Å². The Kier molecular flexibility index (Phi) is 5.07. The lowest BCUT2D eigenvalue weighted by molar-refractivity contribution is -0.136. The summed E-state index contributed by atoms with van der Waals surface area (Å²) in [7, 11) is 0. The molecule has 0 bridgehead atoms. The molecule has 3 aromatic rings. The van der Waals surface area contributed by atoms with Gasteiger partial charge in [0.2, 0.25) is 0 Å². The highest BCUT2D eigenvalue weighted by Crippen LogP contribution is 2.29. The van der Waals surface area contributed by atoms with E-state index in [0.717, 1.165) is 4.88 Å². The van der Waals surface area contributed by atoms with Gasteiger partial charge in [-0.3, -0.25) is 4.79 Å². The van der Waals surface area contributed by atoms with Crippen LogP contribution in [0, 0.1) is 0 Å². The van der Waals surface area contributed by atoms with E-state index in [9.17, 15) is 9.90 Å². The van der Waals surface area contributed by atoms with Gasteiger partial charge in [0.05, 0.1) is 5.71 Å². The second-order valence-corrected chi connectivity index (χ2v) is 6.51. The summed E-state index contributed by atoms with van der Waals surface area (Å²) in [6.45, 7) is 1.82. The van der Waals surface area contributed by atoms with Crippen molar-refractivity contribution in [1.29, 1.82) is 0 Å². The molecule has 0 saturated carbocycles. The Morgan fingerprint density at radius 2 is 1.52 bits per heavy atom. The summed E-state index contributed by atoms with van der Waals surface area (Å²) in [5.74, 6) is -0.596. The molecule has 126 valence electrons. The molecule has 0 aliphatic rings. The average Bonchev–Trinajstić information content (AvgIpc) is 3.21. The van der Waals surface area contributed by atoms with Crippen LogP contribution in [0.4, 0.5) is 0 Å². The fraction of sp³-hybridized carbons (Fsp3) is 0.100. The van der Waals surface area contributed by atoms with Gasteiger partial charge in [0.15, 0.2) is 5.60 Å². The van der Waals surface area contributed by atoms with E-state index >= 15 is 0 Å². The van der Waals surface area contributed by atoms with Crippen molar-refractivity contribution in [2.75, 3.05) is 0 Å². The first-order chi connectivity index (χ1) is 12.1. The van der Waals surface area contributed by atoms with E-state index in [-0.39, 0.29) is 0 Å². The molecule has 0 radical (unpaired) electrons. The van der Waals surface area contributed by atoms with Crippen molar-refractivity contribution in [1.82, 2.24) is 5.43 Å². The minimum absolute atomic E-state index is 0.489. The lowest BCUT2D eigenvalue weighted by Gasteiger charge is -2.27. The standard InChI is InChI=1S/C20H18N2O2S/c1-15(18-13-8-14-25-18)21-22-19(23)20(24,16-9-4-2-5-10-16)17-11-6-3-7-12-17/h2-14,24H,1H3,(H,22,23). The first-order valence-electron chi connectivity index (χ1n) is 7.84. The third-order valence-corrected chi connectivity index (χ3v) is 4.89. The first kappa shape index (κ1) is 17.1. The molecule has 0 atom stereocenters. The molecule has 5 heteroatoms. The van der Waals surface area contributed by atoms with Crippen LogP contribution in [0.1, 0.15) is 22.9 Å². The third-order valence-electron chi connectivity index (χ3n) is 3.91. The molecule has 0 unspecified atom stereocenters. The van der Waals surface area contributed by atoms with E-state index in [1.807, 2.05) is 36.6 Å². The highest BCUT2D eigenvalue weighted by molar-refractivity contribution is 7.12. The van der Waals surface area contributed by atoms with E-state index in [1.165, 1.54) is 11.3 Å². The third kappa shape index (κ3) is 3.52. The Hall–Kier alpha value is -2.76. The lowest BCUT2D eigenvalue weighted by Crippen LogP contribution is -2.43. The first-order valence-corrected chi connectivity index (χ1v) is 8.72. The van der Waals surface area contributed by atoms with Crippen molar-refractivity contribution >= 4 is 23.0 Å². The number of thiophene rings is 1. The van der Waals surface area contributed by atoms with Gasteiger partial charge in [0.1, 0.15) is 0 Å². The van der Waals surface area contributed by atoms with Crippen molar-refractivity contribution in [2.45, 2.75) is 12.5 Å². The number of hydrogen-bond donors (Lipinski definition) is 2. The predicted octanol–water partition coefficient (Wildman–Crippen LogP) is 3.52. The van der Waals surface area contributed by atoms with Gasteiger partial charge >= 0.3 is 0 Å². The normalized spacial score (nSPS) is 12.0. The fourth-order valence-corrected chi connectivity index (χ4v) is 3.22. The van der Waals surface area contributed by atoms with E-state index < -0.39 is 11.5 Å². The molecule has 1 aromatic heterocycles. The summed E-state index contributed by atoms with van der Waals surface area (Å²) >= 11 is 1.54. The highest BCUT2D eigenvalue weighted by Gasteiger charge is 2.39. The number of carbonyl (C=O) groups excluding carboxylic acids is 1. The van der Waals surface area contributed by atoms with Crippen LogP contribution in [0.15, 0.2) is 83.3 Å². The van der Waals surface area contributed by atoms with E-state index in [4.69, 9.17) is 0 Å². The predicted molar refractivity (Wildman–Crippen MR) is 101 cm³/mol. The van der Waals surface area contributed by atoms with Crippen molar-refractivity contribution in [3.8, 4) is 0 Å². The van der Waals surface area contributed by atoms with Gasteiger partial charge in [-0.1, -0.05) is 66.7 Å². The number of rotatable bonds is 5. The van der Waals surface area contributed by atoms with Crippen LogP contribution in [0.2, 0.25) is 0 Å². The van der Waals surface area contributed by atoms with Crippen LogP contribution in [-0.4, -0.2) is 16.7 Å². The van der Waals surface area contributed by atoms with E-state index in [0.29, 0.717) is 16.8 Å². The number of nitrogens with one attached hydrogen (secondary N) is 1. The largest absolute Gasteiger partial charge is 0.372 e. The molecule has 25 heavy (non-hydrogen) atoms. The molecule has 0 saturated heterocycles. The molecule has 0 fully saturated rings. The average molecular weight is 350 g/mol. The van der Waals surface area contributed by atoms with Crippen LogP contribution >= 0.6 is 11.3 Å². The molecule has 0 aliphatic heterocycles. The van der Waals surface area contributed by atoms with Crippen LogP contribution in [0.25, 0.3) is 0 Å². The summed E-state index contributed by atoms with van der Waals surface area (Å²) in [6.07, 6.45) is 0. The van der Waals surface area contributed by atoms with Crippen molar-refractivity contribution < 1.29 is 9.90 Å². The Morgan fingerprint density at radius 1 is 0.960 bits per heavy atom.